The van der Waals surface area contributed by atoms with Crippen molar-refractivity contribution in [1.29, 1.82) is 0 Å². The molecule has 0 saturated heterocycles. The van der Waals surface area contributed by atoms with Gasteiger partial charge in [-0.25, -0.2) is 4.79 Å². The van der Waals surface area contributed by atoms with Crippen LogP contribution < -0.4 is 10.9 Å². The number of nitrogens with one attached hydrogen (secondary N) is 2. The number of para-hydroxylation sites is 1. The number of carboxylic acids is 1. The number of hydrogen-bond donors (Lipinski definition) is 3. The molecule has 1 aromatic heterocycles. The number of amides is 1. The number of carbonyl (C=O) groups is 2. The number of halogens is 1. The average Bonchev–Trinajstić information content (AvgIpc) is 2.41. The quantitative estimate of drug-likeness (QED) is 0.798. The van der Waals surface area contributed by atoms with E-state index in [0.29, 0.717) is 4.47 Å². The van der Waals surface area contributed by atoms with Gasteiger partial charge in [-0.15, -0.1) is 0 Å². The van der Waals surface area contributed by atoms with E-state index in [2.05, 4.69) is 26.2 Å². The summed E-state index contributed by atoms with van der Waals surface area (Å²) in [5.74, 6) is -1.86. The van der Waals surface area contributed by atoms with Crippen LogP contribution in [0.15, 0.2) is 45.8 Å². The molecule has 102 valence electrons. The molecule has 0 bridgehead atoms. The van der Waals surface area contributed by atoms with Crippen LogP contribution >= 0.6 is 15.9 Å². The van der Waals surface area contributed by atoms with E-state index in [0.717, 1.165) is 0 Å². The minimum Gasteiger partial charge on any atom is -0.478 e. The summed E-state index contributed by atoms with van der Waals surface area (Å²) in [5, 5.41) is 11.5. The molecule has 1 heterocycles. The standard InChI is InChI=1S/C13H9BrN2O4/c14-9-5-1-3-7(13(19)20)10(9)16-12(18)8-4-2-6-15-11(8)17/h1-6H,(H,15,17)(H,16,18)(H,19,20). The van der Waals surface area contributed by atoms with Crippen LogP contribution in [0, 0.1) is 0 Å². The summed E-state index contributed by atoms with van der Waals surface area (Å²) in [6.45, 7) is 0. The van der Waals surface area contributed by atoms with Crippen molar-refractivity contribution in [3.8, 4) is 0 Å². The minimum atomic E-state index is -1.18. The molecular formula is C13H9BrN2O4. The van der Waals surface area contributed by atoms with Crippen molar-refractivity contribution < 1.29 is 14.7 Å². The number of carboxylic acid groups (broad SMARTS) is 1. The number of aromatic amines is 1. The Morgan fingerprint density at radius 1 is 1.15 bits per heavy atom. The molecule has 2 aromatic rings. The van der Waals surface area contributed by atoms with Gasteiger partial charge in [0.1, 0.15) is 5.56 Å². The number of benzene rings is 1. The van der Waals surface area contributed by atoms with E-state index in [9.17, 15) is 14.4 Å². The van der Waals surface area contributed by atoms with Gasteiger partial charge in [-0.05, 0) is 40.2 Å². The summed E-state index contributed by atoms with van der Waals surface area (Å²) in [7, 11) is 0. The van der Waals surface area contributed by atoms with Crippen molar-refractivity contribution in [1.82, 2.24) is 4.98 Å². The van der Waals surface area contributed by atoms with Gasteiger partial charge in [0.15, 0.2) is 0 Å². The second-order valence-corrected chi connectivity index (χ2v) is 4.69. The van der Waals surface area contributed by atoms with Crippen LogP contribution in [0.25, 0.3) is 0 Å². The lowest BCUT2D eigenvalue weighted by Gasteiger charge is -2.10. The Kier molecular flexibility index (Phi) is 3.99. The number of pyridine rings is 1. The van der Waals surface area contributed by atoms with Gasteiger partial charge in [-0.3, -0.25) is 9.59 Å². The molecule has 0 aliphatic carbocycles. The van der Waals surface area contributed by atoms with E-state index in [4.69, 9.17) is 5.11 Å². The summed E-state index contributed by atoms with van der Waals surface area (Å²) in [5.41, 5.74) is -0.609. The number of hydrogen-bond acceptors (Lipinski definition) is 3. The predicted molar refractivity (Wildman–Crippen MR) is 76.1 cm³/mol. The highest BCUT2D eigenvalue weighted by Crippen LogP contribution is 2.26. The molecule has 0 spiro atoms. The zero-order chi connectivity index (χ0) is 14.7. The molecule has 20 heavy (non-hydrogen) atoms. The Morgan fingerprint density at radius 3 is 2.50 bits per heavy atom. The van der Waals surface area contributed by atoms with E-state index in [1.807, 2.05) is 0 Å². The highest BCUT2D eigenvalue weighted by molar-refractivity contribution is 9.10. The minimum absolute atomic E-state index is 0.0694. The van der Waals surface area contributed by atoms with E-state index in [1.165, 1.54) is 24.4 Å². The van der Waals surface area contributed by atoms with Crippen molar-refractivity contribution in [2.75, 3.05) is 5.32 Å². The zero-order valence-corrected chi connectivity index (χ0v) is 11.6. The number of aromatic nitrogens is 1. The first-order valence-electron chi connectivity index (χ1n) is 5.51. The van der Waals surface area contributed by atoms with Gasteiger partial charge in [0.25, 0.3) is 11.5 Å². The monoisotopic (exact) mass is 336 g/mol. The predicted octanol–water partition coefficient (Wildman–Crippen LogP) is 2.09. The highest BCUT2D eigenvalue weighted by atomic mass is 79.9. The Morgan fingerprint density at radius 2 is 1.85 bits per heavy atom. The van der Waals surface area contributed by atoms with Gasteiger partial charge in [-0.2, -0.15) is 0 Å². The number of anilines is 1. The smallest absolute Gasteiger partial charge is 0.337 e. The van der Waals surface area contributed by atoms with Crippen LogP contribution in [0.3, 0.4) is 0 Å². The fourth-order valence-electron chi connectivity index (χ4n) is 1.61. The van der Waals surface area contributed by atoms with E-state index in [-0.39, 0.29) is 16.8 Å². The maximum absolute atomic E-state index is 12.0. The van der Waals surface area contributed by atoms with Crippen LogP contribution in [-0.4, -0.2) is 22.0 Å². The first-order valence-corrected chi connectivity index (χ1v) is 6.31. The summed E-state index contributed by atoms with van der Waals surface area (Å²) in [6.07, 6.45) is 1.40. The largest absolute Gasteiger partial charge is 0.478 e. The molecule has 0 unspecified atom stereocenters. The third kappa shape index (κ3) is 2.77. The lowest BCUT2D eigenvalue weighted by Crippen LogP contribution is -2.23. The molecule has 0 saturated carbocycles. The molecule has 2 rings (SSSR count). The highest BCUT2D eigenvalue weighted by Gasteiger charge is 2.17. The Balaban J connectivity index is 2.41. The fourth-order valence-corrected chi connectivity index (χ4v) is 2.08. The molecule has 3 N–H and O–H groups in total. The number of rotatable bonds is 3. The molecule has 0 aliphatic rings. The molecular weight excluding hydrogens is 328 g/mol. The Labute approximate surface area is 121 Å². The fraction of sp³-hybridized carbons (Fsp3) is 0. The lowest BCUT2D eigenvalue weighted by atomic mass is 10.1. The summed E-state index contributed by atoms with van der Waals surface area (Å²) >= 11 is 3.17. The SMILES string of the molecule is O=C(O)c1cccc(Br)c1NC(=O)c1ccc[nH]c1=O. The molecule has 0 atom stereocenters. The van der Waals surface area contributed by atoms with Crippen molar-refractivity contribution in [2.24, 2.45) is 0 Å². The van der Waals surface area contributed by atoms with Gasteiger partial charge in [0.2, 0.25) is 0 Å². The van der Waals surface area contributed by atoms with Crippen molar-refractivity contribution in [3.63, 3.8) is 0 Å². The van der Waals surface area contributed by atoms with Gasteiger partial charge >= 0.3 is 5.97 Å². The van der Waals surface area contributed by atoms with Gasteiger partial charge in [-0.1, -0.05) is 6.07 Å². The van der Waals surface area contributed by atoms with Gasteiger partial charge in [0.05, 0.1) is 11.3 Å². The van der Waals surface area contributed by atoms with Crippen LogP contribution in [0.4, 0.5) is 5.69 Å². The normalized spacial score (nSPS) is 10.1. The summed E-state index contributed by atoms with van der Waals surface area (Å²) in [4.78, 5) is 37.0. The van der Waals surface area contributed by atoms with Gasteiger partial charge < -0.3 is 15.4 Å². The van der Waals surface area contributed by atoms with Crippen LogP contribution in [0.2, 0.25) is 0 Å². The Hall–Kier alpha value is -2.41. The first-order chi connectivity index (χ1) is 9.50. The second-order valence-electron chi connectivity index (χ2n) is 3.83. The maximum Gasteiger partial charge on any atom is 0.337 e. The second kappa shape index (κ2) is 5.70. The average molecular weight is 337 g/mol. The maximum atomic E-state index is 12.0. The van der Waals surface area contributed by atoms with Gasteiger partial charge in [0, 0.05) is 10.7 Å². The molecule has 7 heteroatoms. The van der Waals surface area contributed by atoms with E-state index >= 15 is 0 Å². The van der Waals surface area contributed by atoms with Crippen LogP contribution in [0.5, 0.6) is 0 Å². The third-order valence-corrected chi connectivity index (χ3v) is 3.21. The molecule has 1 amide bonds. The lowest BCUT2D eigenvalue weighted by molar-refractivity contribution is 0.0698. The van der Waals surface area contributed by atoms with Crippen LogP contribution in [0.1, 0.15) is 20.7 Å². The molecule has 0 fully saturated rings. The van der Waals surface area contributed by atoms with E-state index < -0.39 is 17.4 Å². The molecule has 0 aliphatic heterocycles. The Bertz CT molecular complexity index is 739. The number of aromatic carboxylic acids is 1. The third-order valence-electron chi connectivity index (χ3n) is 2.55. The molecule has 0 radical (unpaired) electrons. The number of carbonyl (C=O) groups excluding carboxylic acids is 1. The molecule has 1 aromatic carbocycles. The van der Waals surface area contributed by atoms with E-state index in [1.54, 1.807) is 12.1 Å². The molecule has 6 nitrogen and oxygen atoms in total. The van der Waals surface area contributed by atoms with Crippen molar-refractivity contribution in [3.05, 3.63) is 62.5 Å². The first kappa shape index (κ1) is 14.0. The number of H-pyrrole nitrogens is 1. The summed E-state index contributed by atoms with van der Waals surface area (Å²) in [6, 6.07) is 7.35. The summed E-state index contributed by atoms with van der Waals surface area (Å²) < 4.78 is 0.415. The topological polar surface area (TPSA) is 99.3 Å². The van der Waals surface area contributed by atoms with Crippen molar-refractivity contribution in [2.45, 2.75) is 0 Å². The van der Waals surface area contributed by atoms with Crippen molar-refractivity contribution >= 4 is 33.5 Å². The zero-order valence-electron chi connectivity index (χ0n) is 10.0. The van der Waals surface area contributed by atoms with Crippen LogP contribution in [-0.2, 0) is 0 Å².